The van der Waals surface area contributed by atoms with Gasteiger partial charge in [0.25, 0.3) is 5.91 Å². The van der Waals surface area contributed by atoms with Crippen LogP contribution in [0.1, 0.15) is 29.6 Å². The molecular formula is C15H16ClN5O. The van der Waals surface area contributed by atoms with Crippen molar-refractivity contribution in [3.63, 3.8) is 0 Å². The van der Waals surface area contributed by atoms with Crippen molar-refractivity contribution in [2.45, 2.75) is 19.3 Å². The first-order valence-corrected chi connectivity index (χ1v) is 7.61. The summed E-state index contributed by atoms with van der Waals surface area (Å²) in [6.07, 6.45) is 4.94. The number of nitrogens with one attached hydrogen (secondary N) is 1. The lowest BCUT2D eigenvalue weighted by atomic mass is 10.1. The molecule has 114 valence electrons. The molecule has 3 rings (SSSR count). The highest BCUT2D eigenvalue weighted by molar-refractivity contribution is 6.30. The van der Waals surface area contributed by atoms with Crippen LogP contribution in [-0.4, -0.2) is 33.9 Å². The van der Waals surface area contributed by atoms with E-state index < -0.39 is 0 Å². The molecule has 1 fully saturated rings. The molecule has 0 radical (unpaired) electrons. The predicted octanol–water partition coefficient (Wildman–Crippen LogP) is 2.77. The Kier molecular flexibility index (Phi) is 4.48. The van der Waals surface area contributed by atoms with Gasteiger partial charge in [0.1, 0.15) is 6.33 Å². The van der Waals surface area contributed by atoms with Crippen LogP contribution in [0.15, 0.2) is 30.6 Å². The number of carbonyl (C=O) groups is 1. The molecule has 0 unspecified atom stereocenters. The molecule has 2 aromatic rings. The molecule has 7 heteroatoms. The van der Waals surface area contributed by atoms with E-state index in [1.807, 2.05) is 0 Å². The average molecular weight is 318 g/mol. The Morgan fingerprint density at radius 2 is 1.82 bits per heavy atom. The van der Waals surface area contributed by atoms with Crippen LogP contribution in [0.25, 0.3) is 0 Å². The van der Waals surface area contributed by atoms with E-state index in [-0.39, 0.29) is 11.9 Å². The van der Waals surface area contributed by atoms with Crippen LogP contribution in [-0.2, 0) is 0 Å². The lowest BCUT2D eigenvalue weighted by Gasteiger charge is -2.26. The summed E-state index contributed by atoms with van der Waals surface area (Å²) in [6.45, 7) is 1.88. The monoisotopic (exact) mass is 317 g/mol. The van der Waals surface area contributed by atoms with E-state index in [0.29, 0.717) is 16.5 Å². The Morgan fingerprint density at radius 1 is 1.09 bits per heavy atom. The predicted molar refractivity (Wildman–Crippen MR) is 85.3 cm³/mol. The maximum absolute atomic E-state index is 12.1. The summed E-state index contributed by atoms with van der Waals surface area (Å²) in [5, 5.41) is 3.27. The van der Waals surface area contributed by atoms with Gasteiger partial charge in [0.15, 0.2) is 0 Å². The van der Waals surface area contributed by atoms with Gasteiger partial charge in [0.2, 0.25) is 11.9 Å². The molecule has 0 atom stereocenters. The van der Waals surface area contributed by atoms with Crippen molar-refractivity contribution < 1.29 is 4.79 Å². The van der Waals surface area contributed by atoms with Crippen LogP contribution >= 0.6 is 11.6 Å². The van der Waals surface area contributed by atoms with Gasteiger partial charge in [-0.25, -0.2) is 9.97 Å². The van der Waals surface area contributed by atoms with Gasteiger partial charge in [0.05, 0.1) is 0 Å². The fourth-order valence-corrected chi connectivity index (χ4v) is 2.50. The smallest absolute Gasteiger partial charge is 0.258 e. The summed E-state index contributed by atoms with van der Waals surface area (Å²) in [7, 11) is 0. The van der Waals surface area contributed by atoms with E-state index in [1.165, 1.54) is 12.7 Å². The fraction of sp³-hybridized carbons (Fsp3) is 0.333. The Hall–Kier alpha value is -2.21. The van der Waals surface area contributed by atoms with Gasteiger partial charge in [-0.3, -0.25) is 10.1 Å². The highest BCUT2D eigenvalue weighted by Crippen LogP contribution is 2.16. The standard InChI is InChI=1S/C15H16ClN5O/c16-12-6-4-11(5-7-12)13(22)19-14-17-10-18-15(20-14)21-8-2-1-3-9-21/h4-7,10H,1-3,8-9H2,(H,17,18,19,20,22). The maximum Gasteiger partial charge on any atom is 0.258 e. The first-order valence-electron chi connectivity index (χ1n) is 7.23. The minimum absolute atomic E-state index is 0.260. The summed E-state index contributed by atoms with van der Waals surface area (Å²) >= 11 is 5.81. The summed E-state index contributed by atoms with van der Waals surface area (Å²) in [5.74, 6) is 0.601. The number of carbonyl (C=O) groups excluding carboxylic acids is 1. The van der Waals surface area contributed by atoms with Gasteiger partial charge in [-0.05, 0) is 43.5 Å². The highest BCUT2D eigenvalue weighted by atomic mass is 35.5. The number of anilines is 2. The van der Waals surface area contributed by atoms with Crippen LogP contribution in [0, 0.1) is 0 Å². The molecule has 6 nitrogen and oxygen atoms in total. The van der Waals surface area contributed by atoms with Crippen molar-refractivity contribution >= 4 is 29.4 Å². The van der Waals surface area contributed by atoms with E-state index in [2.05, 4.69) is 25.2 Å². The number of hydrogen-bond acceptors (Lipinski definition) is 5. The Labute approximate surface area is 133 Å². The van der Waals surface area contributed by atoms with Crippen LogP contribution in [0.4, 0.5) is 11.9 Å². The number of rotatable bonds is 3. The molecular weight excluding hydrogens is 302 g/mol. The van der Waals surface area contributed by atoms with Crippen molar-refractivity contribution in [3.8, 4) is 0 Å². The highest BCUT2D eigenvalue weighted by Gasteiger charge is 2.15. The summed E-state index contributed by atoms with van der Waals surface area (Å²) in [5.41, 5.74) is 0.504. The van der Waals surface area contributed by atoms with E-state index >= 15 is 0 Å². The molecule has 0 bridgehead atoms. The second-order valence-electron chi connectivity index (χ2n) is 5.12. The number of benzene rings is 1. The van der Waals surface area contributed by atoms with Crippen molar-refractivity contribution in [1.29, 1.82) is 0 Å². The van der Waals surface area contributed by atoms with Gasteiger partial charge in [0, 0.05) is 23.7 Å². The Morgan fingerprint density at radius 3 is 2.55 bits per heavy atom. The first-order chi connectivity index (χ1) is 10.7. The molecule has 1 saturated heterocycles. The van der Waals surface area contributed by atoms with Crippen LogP contribution in [0.5, 0.6) is 0 Å². The number of amides is 1. The molecule has 1 aliphatic rings. The normalized spacial score (nSPS) is 14.7. The molecule has 22 heavy (non-hydrogen) atoms. The average Bonchev–Trinajstić information content (AvgIpc) is 2.56. The molecule has 0 aliphatic carbocycles. The third-order valence-electron chi connectivity index (χ3n) is 3.53. The van der Waals surface area contributed by atoms with E-state index in [4.69, 9.17) is 11.6 Å². The topological polar surface area (TPSA) is 71.0 Å². The van der Waals surface area contributed by atoms with Gasteiger partial charge in [-0.1, -0.05) is 11.6 Å². The molecule has 1 amide bonds. The summed E-state index contributed by atoms with van der Waals surface area (Å²) < 4.78 is 0. The Bertz CT molecular complexity index is 655. The van der Waals surface area contributed by atoms with Crippen LogP contribution < -0.4 is 10.2 Å². The van der Waals surface area contributed by atoms with E-state index in [1.54, 1.807) is 24.3 Å². The third kappa shape index (κ3) is 3.51. The molecule has 0 saturated carbocycles. The molecule has 1 aliphatic heterocycles. The maximum atomic E-state index is 12.1. The zero-order chi connectivity index (χ0) is 15.4. The Balaban J connectivity index is 1.72. The zero-order valence-corrected chi connectivity index (χ0v) is 12.8. The molecule has 1 aromatic carbocycles. The molecule has 1 aromatic heterocycles. The van der Waals surface area contributed by atoms with E-state index in [0.717, 1.165) is 25.9 Å². The van der Waals surface area contributed by atoms with Crippen molar-refractivity contribution in [2.75, 3.05) is 23.3 Å². The number of piperidine rings is 1. The molecule has 0 spiro atoms. The lowest BCUT2D eigenvalue weighted by molar-refractivity contribution is 0.102. The van der Waals surface area contributed by atoms with Crippen molar-refractivity contribution in [1.82, 2.24) is 15.0 Å². The SMILES string of the molecule is O=C(Nc1ncnc(N2CCCCC2)n1)c1ccc(Cl)cc1. The molecule has 1 N–H and O–H groups in total. The second-order valence-corrected chi connectivity index (χ2v) is 5.55. The summed E-state index contributed by atoms with van der Waals surface area (Å²) in [6, 6.07) is 6.65. The third-order valence-corrected chi connectivity index (χ3v) is 3.78. The quantitative estimate of drug-likeness (QED) is 0.942. The number of aromatic nitrogens is 3. The first kappa shape index (κ1) is 14.7. The number of nitrogens with zero attached hydrogens (tertiary/aromatic N) is 4. The van der Waals surface area contributed by atoms with Crippen molar-refractivity contribution in [3.05, 3.63) is 41.2 Å². The second kappa shape index (κ2) is 6.70. The zero-order valence-electron chi connectivity index (χ0n) is 12.0. The fourth-order valence-electron chi connectivity index (χ4n) is 2.37. The largest absolute Gasteiger partial charge is 0.341 e. The van der Waals surface area contributed by atoms with Gasteiger partial charge in [-0.2, -0.15) is 4.98 Å². The van der Waals surface area contributed by atoms with Gasteiger partial charge < -0.3 is 4.90 Å². The van der Waals surface area contributed by atoms with E-state index in [9.17, 15) is 4.79 Å². The van der Waals surface area contributed by atoms with Gasteiger partial charge in [-0.15, -0.1) is 0 Å². The summed E-state index contributed by atoms with van der Waals surface area (Å²) in [4.78, 5) is 26.8. The number of hydrogen-bond donors (Lipinski definition) is 1. The minimum atomic E-state index is -0.271. The minimum Gasteiger partial charge on any atom is -0.341 e. The lowest BCUT2D eigenvalue weighted by Crippen LogP contribution is -2.31. The van der Waals surface area contributed by atoms with Crippen LogP contribution in [0.3, 0.4) is 0 Å². The van der Waals surface area contributed by atoms with Gasteiger partial charge >= 0.3 is 0 Å². The van der Waals surface area contributed by atoms with Crippen LogP contribution in [0.2, 0.25) is 5.02 Å². The number of halogens is 1. The molecule has 2 heterocycles. The van der Waals surface area contributed by atoms with Crippen molar-refractivity contribution in [2.24, 2.45) is 0 Å².